The molecule has 0 heterocycles. The zero-order valence-corrected chi connectivity index (χ0v) is 9.88. The molecule has 0 bridgehead atoms. The first-order chi connectivity index (χ1) is 9.08. The first kappa shape index (κ1) is 13.5. The van der Waals surface area contributed by atoms with Crippen molar-refractivity contribution in [3.8, 4) is 5.75 Å². The van der Waals surface area contributed by atoms with Gasteiger partial charge in [-0.3, -0.25) is 0 Å². The molecule has 0 aliphatic carbocycles. The fraction of sp³-hybridized carbons (Fsp3) is 0.0769. The molecule has 98 valence electrons. The first-order valence-electron chi connectivity index (χ1n) is 5.59. The van der Waals surface area contributed by atoms with Gasteiger partial charge in [0.2, 0.25) is 0 Å². The molecule has 0 amide bonds. The van der Waals surface area contributed by atoms with Gasteiger partial charge < -0.3 is 14.8 Å². The fourth-order valence-electron chi connectivity index (χ4n) is 1.59. The molecule has 0 aromatic heterocycles. The Morgan fingerprint density at radius 3 is 2.32 bits per heavy atom. The van der Waals surface area contributed by atoms with Crippen LogP contribution in [0.25, 0.3) is 0 Å². The van der Waals surface area contributed by atoms with E-state index in [2.05, 4.69) is 0 Å². The van der Waals surface area contributed by atoms with Crippen LogP contribution >= 0.6 is 0 Å². The maximum absolute atomic E-state index is 13.5. The van der Waals surface area contributed by atoms with Crippen LogP contribution in [0.5, 0.6) is 5.75 Å². The fourth-order valence-corrected chi connectivity index (χ4v) is 1.59. The van der Waals surface area contributed by atoms with E-state index in [9.17, 15) is 8.78 Å². The molecule has 0 saturated carbocycles. The molecule has 0 unspecified atom stereocenters. The van der Waals surface area contributed by atoms with Gasteiger partial charge in [0.1, 0.15) is 12.4 Å². The van der Waals surface area contributed by atoms with Crippen molar-refractivity contribution in [3.63, 3.8) is 0 Å². The monoisotopic (exact) mass is 264 g/mol. The van der Waals surface area contributed by atoms with E-state index in [-0.39, 0.29) is 12.4 Å². The summed E-state index contributed by atoms with van der Waals surface area (Å²) in [7, 11) is -2.01. The van der Waals surface area contributed by atoms with Gasteiger partial charge in [0.15, 0.2) is 11.6 Å². The van der Waals surface area contributed by atoms with Gasteiger partial charge in [-0.1, -0.05) is 30.3 Å². The molecular weight excluding hydrogens is 253 g/mol. The van der Waals surface area contributed by atoms with Gasteiger partial charge in [-0.15, -0.1) is 0 Å². The molecule has 2 N–H and O–H groups in total. The topological polar surface area (TPSA) is 49.7 Å². The molecule has 2 aromatic carbocycles. The molecule has 19 heavy (non-hydrogen) atoms. The van der Waals surface area contributed by atoms with Crippen molar-refractivity contribution in [1.82, 2.24) is 0 Å². The zero-order chi connectivity index (χ0) is 13.8. The third kappa shape index (κ3) is 3.30. The van der Waals surface area contributed by atoms with Gasteiger partial charge >= 0.3 is 7.12 Å². The van der Waals surface area contributed by atoms with E-state index in [1.165, 1.54) is 0 Å². The molecule has 0 atom stereocenters. The second kappa shape index (κ2) is 5.82. The maximum atomic E-state index is 13.5. The highest BCUT2D eigenvalue weighted by atomic mass is 19.1. The van der Waals surface area contributed by atoms with Gasteiger partial charge in [0, 0.05) is 11.5 Å². The number of rotatable bonds is 4. The molecule has 6 heteroatoms. The van der Waals surface area contributed by atoms with Crippen molar-refractivity contribution in [2.75, 3.05) is 0 Å². The van der Waals surface area contributed by atoms with Gasteiger partial charge in [-0.25, -0.2) is 8.78 Å². The Bertz CT molecular complexity index is 561. The lowest BCUT2D eigenvalue weighted by molar-refractivity contribution is 0.289. The first-order valence-corrected chi connectivity index (χ1v) is 5.59. The Morgan fingerprint density at radius 1 is 1.00 bits per heavy atom. The maximum Gasteiger partial charge on any atom is 0.491 e. The average Bonchev–Trinajstić information content (AvgIpc) is 2.38. The van der Waals surface area contributed by atoms with Crippen molar-refractivity contribution >= 4 is 12.6 Å². The van der Waals surface area contributed by atoms with Crippen LogP contribution in [0.15, 0.2) is 42.5 Å². The molecule has 2 aromatic rings. The van der Waals surface area contributed by atoms with Gasteiger partial charge in [-0.2, -0.15) is 0 Å². The minimum absolute atomic E-state index is 0.102. The number of hydrogen-bond acceptors (Lipinski definition) is 3. The standard InChI is InChI=1S/C13H11BF2O3/c15-11-7-12(16)13(6-10(11)14(17)18)19-8-9-4-2-1-3-5-9/h1-7,17-18H,8H2. The Morgan fingerprint density at radius 2 is 1.68 bits per heavy atom. The van der Waals surface area contributed by atoms with E-state index in [1.807, 2.05) is 18.2 Å². The second-order valence-corrected chi connectivity index (χ2v) is 3.95. The predicted octanol–water partition coefficient (Wildman–Crippen LogP) is 1.22. The quantitative estimate of drug-likeness (QED) is 0.816. The van der Waals surface area contributed by atoms with E-state index in [4.69, 9.17) is 14.8 Å². The normalized spacial score (nSPS) is 10.3. The minimum Gasteiger partial charge on any atom is -0.486 e. The molecule has 0 aliphatic rings. The van der Waals surface area contributed by atoms with Gasteiger partial charge in [-0.05, 0) is 11.6 Å². The van der Waals surface area contributed by atoms with Crippen LogP contribution in [-0.4, -0.2) is 17.2 Å². The van der Waals surface area contributed by atoms with Gasteiger partial charge in [0.25, 0.3) is 0 Å². The summed E-state index contributed by atoms with van der Waals surface area (Å²) < 4.78 is 31.9. The number of hydrogen-bond donors (Lipinski definition) is 2. The molecule has 0 saturated heterocycles. The van der Waals surface area contributed by atoms with Crippen LogP contribution in [0.4, 0.5) is 8.78 Å². The summed E-state index contributed by atoms with van der Waals surface area (Å²) >= 11 is 0. The van der Waals surface area contributed by atoms with E-state index in [1.54, 1.807) is 12.1 Å². The highest BCUT2D eigenvalue weighted by Gasteiger charge is 2.20. The van der Waals surface area contributed by atoms with E-state index >= 15 is 0 Å². The van der Waals surface area contributed by atoms with Crippen molar-refractivity contribution in [1.29, 1.82) is 0 Å². The third-order valence-corrected chi connectivity index (χ3v) is 2.57. The van der Waals surface area contributed by atoms with Crippen LogP contribution in [0.1, 0.15) is 5.56 Å². The number of ether oxygens (including phenoxy) is 1. The van der Waals surface area contributed by atoms with Crippen molar-refractivity contribution in [2.24, 2.45) is 0 Å². The molecular formula is C13H11BF2O3. The molecule has 0 fully saturated rings. The number of benzene rings is 2. The van der Waals surface area contributed by atoms with E-state index in [0.29, 0.717) is 6.07 Å². The minimum atomic E-state index is -2.01. The Balaban J connectivity index is 2.18. The van der Waals surface area contributed by atoms with Crippen LogP contribution in [0.2, 0.25) is 0 Å². The molecule has 0 aliphatic heterocycles. The lowest BCUT2D eigenvalue weighted by Gasteiger charge is -2.10. The number of halogens is 2. The molecule has 2 rings (SSSR count). The summed E-state index contributed by atoms with van der Waals surface area (Å²) in [5.41, 5.74) is 0.391. The molecule has 3 nitrogen and oxygen atoms in total. The Labute approximate surface area is 109 Å². The summed E-state index contributed by atoms with van der Waals surface area (Å²) in [6.07, 6.45) is 0. The zero-order valence-electron chi connectivity index (χ0n) is 9.88. The predicted molar refractivity (Wildman–Crippen MR) is 67.0 cm³/mol. The van der Waals surface area contributed by atoms with Crippen LogP contribution in [-0.2, 0) is 6.61 Å². The van der Waals surface area contributed by atoms with Crippen LogP contribution < -0.4 is 10.2 Å². The average molecular weight is 264 g/mol. The van der Waals surface area contributed by atoms with Crippen LogP contribution in [0, 0.1) is 11.6 Å². The Hall–Kier alpha value is -1.92. The summed E-state index contributed by atoms with van der Waals surface area (Å²) in [4.78, 5) is 0. The summed E-state index contributed by atoms with van der Waals surface area (Å²) in [6, 6.07) is 10.5. The Kier molecular flexibility index (Phi) is 4.14. The smallest absolute Gasteiger partial charge is 0.486 e. The summed E-state index contributed by atoms with van der Waals surface area (Å²) in [6.45, 7) is 0.102. The van der Waals surface area contributed by atoms with Crippen molar-refractivity contribution in [2.45, 2.75) is 6.61 Å². The summed E-state index contributed by atoms with van der Waals surface area (Å²) in [5, 5.41) is 17.9. The lowest BCUT2D eigenvalue weighted by Crippen LogP contribution is -2.33. The van der Waals surface area contributed by atoms with Crippen molar-refractivity contribution < 1.29 is 23.6 Å². The highest BCUT2D eigenvalue weighted by molar-refractivity contribution is 6.58. The van der Waals surface area contributed by atoms with E-state index in [0.717, 1.165) is 11.6 Å². The third-order valence-electron chi connectivity index (χ3n) is 2.57. The lowest BCUT2D eigenvalue weighted by atomic mass is 9.80. The van der Waals surface area contributed by atoms with Gasteiger partial charge in [0.05, 0.1) is 0 Å². The second-order valence-electron chi connectivity index (χ2n) is 3.95. The van der Waals surface area contributed by atoms with Crippen LogP contribution in [0.3, 0.4) is 0 Å². The molecule has 0 spiro atoms. The van der Waals surface area contributed by atoms with E-state index < -0.39 is 24.2 Å². The SMILES string of the molecule is OB(O)c1cc(OCc2ccccc2)c(F)cc1F. The highest BCUT2D eigenvalue weighted by Crippen LogP contribution is 2.18. The molecule has 0 radical (unpaired) electrons. The largest absolute Gasteiger partial charge is 0.491 e. The van der Waals surface area contributed by atoms with Crippen molar-refractivity contribution in [3.05, 3.63) is 59.7 Å². The summed E-state index contributed by atoms with van der Waals surface area (Å²) in [5.74, 6) is -2.15.